The summed E-state index contributed by atoms with van der Waals surface area (Å²) in [5.74, 6) is -0.291. The second-order valence-corrected chi connectivity index (χ2v) is 12.6. The molecule has 0 N–H and O–H groups in total. The van der Waals surface area contributed by atoms with Crippen LogP contribution in [0.3, 0.4) is 0 Å². The van der Waals surface area contributed by atoms with Crippen LogP contribution in [0.5, 0.6) is 0 Å². The standard InChI is InChI=1S/C35H42N4O5/c1-7-43-33(41)28-22-37(36-31(28)38(23(2)3)32(40)25-13-9-8-10-14-25)27-19-17-24(18-20-27)30-21-26-15-11-12-16-29(26)39(30)34(42)44-35(4,5)6/h11-12,15-23,25H,7-10,13-14H2,1-6H3. The van der Waals surface area contributed by atoms with Crippen molar-refractivity contribution in [3.63, 3.8) is 0 Å². The lowest BCUT2D eigenvalue weighted by Gasteiger charge is -2.31. The molecule has 2 heterocycles. The first-order valence-electron chi connectivity index (χ1n) is 15.5. The molecule has 1 saturated carbocycles. The van der Waals surface area contributed by atoms with Crippen LogP contribution in [-0.4, -0.2) is 50.6 Å². The summed E-state index contributed by atoms with van der Waals surface area (Å²) < 4.78 is 14.3. The van der Waals surface area contributed by atoms with Crippen LogP contribution < -0.4 is 4.90 Å². The monoisotopic (exact) mass is 598 g/mol. The Labute approximate surface area is 258 Å². The molecule has 1 fully saturated rings. The Morgan fingerprint density at radius 2 is 1.68 bits per heavy atom. The van der Waals surface area contributed by atoms with E-state index >= 15 is 0 Å². The van der Waals surface area contributed by atoms with Gasteiger partial charge >= 0.3 is 12.1 Å². The first kappa shape index (κ1) is 31.0. The minimum atomic E-state index is -0.653. The number of esters is 1. The Morgan fingerprint density at radius 1 is 1.00 bits per heavy atom. The number of para-hydroxylation sites is 1. The quantitative estimate of drug-likeness (QED) is 0.202. The molecule has 0 unspecified atom stereocenters. The fraction of sp³-hybridized carbons (Fsp3) is 0.429. The number of carbonyl (C=O) groups is 3. The smallest absolute Gasteiger partial charge is 0.419 e. The Morgan fingerprint density at radius 3 is 2.32 bits per heavy atom. The largest absolute Gasteiger partial charge is 0.462 e. The van der Waals surface area contributed by atoms with Crippen LogP contribution >= 0.6 is 0 Å². The van der Waals surface area contributed by atoms with Gasteiger partial charge in [-0.05, 0) is 84.2 Å². The number of hydrogen-bond acceptors (Lipinski definition) is 6. The minimum absolute atomic E-state index is 0.000757. The van der Waals surface area contributed by atoms with Gasteiger partial charge in [0.15, 0.2) is 5.82 Å². The molecule has 4 aromatic rings. The van der Waals surface area contributed by atoms with E-state index < -0.39 is 17.7 Å². The lowest BCUT2D eigenvalue weighted by molar-refractivity contribution is -0.123. The maximum Gasteiger partial charge on any atom is 0.419 e. The Hall–Kier alpha value is -4.40. The summed E-state index contributed by atoms with van der Waals surface area (Å²) in [7, 11) is 0. The molecule has 9 heteroatoms. The van der Waals surface area contributed by atoms with Crippen molar-refractivity contribution in [1.29, 1.82) is 0 Å². The topological polar surface area (TPSA) is 95.7 Å². The minimum Gasteiger partial charge on any atom is -0.462 e. The van der Waals surface area contributed by atoms with E-state index in [1.165, 1.54) is 0 Å². The third kappa shape index (κ3) is 6.42. The molecule has 0 spiro atoms. The van der Waals surface area contributed by atoms with Crippen LogP contribution in [0, 0.1) is 5.92 Å². The zero-order chi connectivity index (χ0) is 31.6. The van der Waals surface area contributed by atoms with Crippen molar-refractivity contribution in [2.24, 2.45) is 5.92 Å². The number of carbonyl (C=O) groups excluding carboxylic acids is 3. The van der Waals surface area contributed by atoms with Crippen LogP contribution in [0.2, 0.25) is 0 Å². The number of fused-ring (bicyclic) bond motifs is 1. The Kier molecular flexibility index (Phi) is 8.95. The maximum absolute atomic E-state index is 13.8. The summed E-state index contributed by atoms with van der Waals surface area (Å²) in [6, 6.07) is 17.0. The van der Waals surface area contributed by atoms with E-state index in [-0.39, 0.29) is 30.0 Å². The second-order valence-electron chi connectivity index (χ2n) is 12.6. The van der Waals surface area contributed by atoms with Crippen molar-refractivity contribution >= 4 is 34.7 Å². The highest BCUT2D eigenvalue weighted by Gasteiger charge is 2.33. The molecular weight excluding hydrogens is 556 g/mol. The van der Waals surface area contributed by atoms with Gasteiger partial charge in [0.2, 0.25) is 5.91 Å². The number of rotatable bonds is 7. The molecule has 2 aromatic carbocycles. The lowest BCUT2D eigenvalue weighted by atomic mass is 9.88. The van der Waals surface area contributed by atoms with E-state index in [2.05, 4.69) is 0 Å². The van der Waals surface area contributed by atoms with Crippen molar-refractivity contribution in [1.82, 2.24) is 14.3 Å². The molecule has 1 aliphatic rings. The first-order valence-corrected chi connectivity index (χ1v) is 15.5. The van der Waals surface area contributed by atoms with Gasteiger partial charge in [-0.1, -0.05) is 49.6 Å². The van der Waals surface area contributed by atoms with Gasteiger partial charge in [0.25, 0.3) is 0 Å². The molecule has 1 aliphatic carbocycles. The van der Waals surface area contributed by atoms with Crippen molar-refractivity contribution in [3.05, 3.63) is 66.4 Å². The maximum atomic E-state index is 13.8. The summed E-state index contributed by atoms with van der Waals surface area (Å²) in [4.78, 5) is 41.8. The van der Waals surface area contributed by atoms with Gasteiger partial charge in [0, 0.05) is 23.5 Å². The average molecular weight is 599 g/mol. The number of aromatic nitrogens is 3. The molecule has 9 nitrogen and oxygen atoms in total. The van der Waals surface area contributed by atoms with E-state index in [4.69, 9.17) is 14.6 Å². The van der Waals surface area contributed by atoms with Crippen molar-refractivity contribution in [2.75, 3.05) is 11.5 Å². The van der Waals surface area contributed by atoms with Crippen LogP contribution in [0.1, 0.15) is 84.0 Å². The zero-order valence-corrected chi connectivity index (χ0v) is 26.5. The number of ether oxygens (including phenoxy) is 2. The molecule has 44 heavy (non-hydrogen) atoms. The molecule has 0 radical (unpaired) electrons. The predicted octanol–water partition coefficient (Wildman–Crippen LogP) is 7.78. The molecule has 0 atom stereocenters. The van der Waals surface area contributed by atoms with Gasteiger partial charge < -0.3 is 9.47 Å². The van der Waals surface area contributed by atoms with Gasteiger partial charge in [0.05, 0.1) is 23.5 Å². The normalized spacial score (nSPS) is 14.2. The highest BCUT2D eigenvalue weighted by atomic mass is 16.6. The van der Waals surface area contributed by atoms with E-state index in [0.29, 0.717) is 17.2 Å². The number of hydrogen-bond donors (Lipinski definition) is 0. The van der Waals surface area contributed by atoms with Crippen molar-refractivity contribution in [2.45, 2.75) is 85.3 Å². The van der Waals surface area contributed by atoms with Crippen molar-refractivity contribution in [3.8, 4) is 16.9 Å². The van der Waals surface area contributed by atoms with Gasteiger partial charge in [-0.2, -0.15) is 0 Å². The molecule has 1 amide bonds. The number of benzene rings is 2. The Bertz CT molecular complexity index is 1650. The zero-order valence-electron chi connectivity index (χ0n) is 26.5. The van der Waals surface area contributed by atoms with Gasteiger partial charge in [0.1, 0.15) is 11.2 Å². The predicted molar refractivity (Wildman–Crippen MR) is 171 cm³/mol. The number of amides is 1. The van der Waals surface area contributed by atoms with Crippen LogP contribution in [-0.2, 0) is 14.3 Å². The summed E-state index contributed by atoms with van der Waals surface area (Å²) in [6.07, 6.45) is 6.07. The average Bonchev–Trinajstić information content (AvgIpc) is 3.59. The first-order chi connectivity index (χ1) is 21.0. The summed E-state index contributed by atoms with van der Waals surface area (Å²) >= 11 is 0. The number of anilines is 1. The lowest BCUT2D eigenvalue weighted by Crippen LogP contribution is -2.42. The van der Waals surface area contributed by atoms with Gasteiger partial charge in [-0.15, -0.1) is 5.10 Å². The molecule has 232 valence electrons. The molecular formula is C35H42N4O5. The van der Waals surface area contributed by atoms with E-state index in [1.54, 1.807) is 27.3 Å². The van der Waals surface area contributed by atoms with Crippen LogP contribution in [0.25, 0.3) is 27.8 Å². The van der Waals surface area contributed by atoms with E-state index in [1.807, 2.05) is 89.2 Å². The van der Waals surface area contributed by atoms with E-state index in [9.17, 15) is 14.4 Å². The highest BCUT2D eigenvalue weighted by Crippen LogP contribution is 2.33. The van der Waals surface area contributed by atoms with Crippen LogP contribution in [0.15, 0.2) is 60.8 Å². The molecule has 0 bridgehead atoms. The van der Waals surface area contributed by atoms with Crippen LogP contribution in [0.4, 0.5) is 10.6 Å². The third-order valence-corrected chi connectivity index (χ3v) is 7.84. The summed E-state index contributed by atoms with van der Waals surface area (Å²) in [5.41, 5.74) is 2.56. The summed E-state index contributed by atoms with van der Waals surface area (Å²) in [6.45, 7) is 11.4. The fourth-order valence-corrected chi connectivity index (χ4v) is 5.83. The molecule has 0 saturated heterocycles. The highest BCUT2D eigenvalue weighted by molar-refractivity contribution is 6.02. The Balaban J connectivity index is 1.53. The fourth-order valence-electron chi connectivity index (χ4n) is 5.83. The summed E-state index contributed by atoms with van der Waals surface area (Å²) in [5, 5.41) is 5.71. The van der Waals surface area contributed by atoms with Crippen molar-refractivity contribution < 1.29 is 23.9 Å². The molecule has 2 aromatic heterocycles. The molecule has 0 aliphatic heterocycles. The van der Waals surface area contributed by atoms with E-state index in [0.717, 1.165) is 48.6 Å². The third-order valence-electron chi connectivity index (χ3n) is 7.84. The van der Waals surface area contributed by atoms with Gasteiger partial charge in [-0.3, -0.25) is 9.69 Å². The van der Waals surface area contributed by atoms with Gasteiger partial charge in [-0.25, -0.2) is 18.8 Å². The molecule has 5 rings (SSSR count). The number of nitrogens with zero attached hydrogens (tertiary/aromatic N) is 4. The second kappa shape index (κ2) is 12.7. The SMILES string of the molecule is CCOC(=O)c1cn(-c2ccc(-c3cc4ccccc4n3C(=O)OC(C)(C)C)cc2)nc1N(C(=O)C1CCCCC1)C(C)C.